The molecule has 1 saturated carbocycles. The maximum Gasteiger partial charge on any atom is 0.282 e. The van der Waals surface area contributed by atoms with E-state index in [1.165, 1.54) is 12.3 Å². The monoisotopic (exact) mass is 496 g/mol. The van der Waals surface area contributed by atoms with Gasteiger partial charge < -0.3 is 9.88 Å². The molecule has 0 atom stereocenters. The van der Waals surface area contributed by atoms with Crippen LogP contribution in [-0.2, 0) is 21.4 Å². The minimum absolute atomic E-state index is 0.00401. The standard InChI is InChI=1S/C25H25FN4O4S/c1-16(6-5-13-27-15-31)22-23-21(12-9-17(2)28-23)30(14-18-7-3-4-8-20(18)26)24(22)25(32)29-35(33,34)19-10-11-19/h3-9,12-13,15,19H,10-11,14H2,1-2H3,(H,27,31)(H,29,32)/b13-5-,16-6+. The van der Waals surface area contributed by atoms with Crippen molar-refractivity contribution < 1.29 is 22.4 Å². The smallest absolute Gasteiger partial charge is 0.282 e. The van der Waals surface area contributed by atoms with Crippen molar-refractivity contribution in [3.05, 3.63) is 83.1 Å². The number of fused-ring (bicyclic) bond motifs is 1. The van der Waals surface area contributed by atoms with Crippen LogP contribution in [0.3, 0.4) is 0 Å². The van der Waals surface area contributed by atoms with Gasteiger partial charge in [-0.2, -0.15) is 0 Å². The lowest BCUT2D eigenvalue weighted by molar-refractivity contribution is -0.108. The van der Waals surface area contributed by atoms with Gasteiger partial charge in [-0.15, -0.1) is 0 Å². The van der Waals surface area contributed by atoms with Crippen LogP contribution in [0, 0.1) is 12.7 Å². The Kier molecular flexibility index (Phi) is 6.83. The molecule has 1 aliphatic carbocycles. The average Bonchev–Trinajstić information content (AvgIpc) is 3.62. The van der Waals surface area contributed by atoms with E-state index >= 15 is 0 Å². The lowest BCUT2D eigenvalue weighted by atomic mass is 10.1. The molecule has 2 aromatic heterocycles. The number of carbonyl (C=O) groups excluding carboxylic acids is 2. The van der Waals surface area contributed by atoms with Gasteiger partial charge in [-0.1, -0.05) is 24.3 Å². The topological polar surface area (TPSA) is 110 Å². The van der Waals surface area contributed by atoms with Gasteiger partial charge in [-0.3, -0.25) is 14.6 Å². The minimum Gasteiger partial charge on any atom is -0.335 e. The van der Waals surface area contributed by atoms with E-state index in [1.54, 1.807) is 54.0 Å². The molecule has 0 aliphatic heterocycles. The van der Waals surface area contributed by atoms with E-state index in [4.69, 9.17) is 0 Å². The lowest BCUT2D eigenvalue weighted by Gasteiger charge is -2.13. The zero-order chi connectivity index (χ0) is 25.2. The van der Waals surface area contributed by atoms with Crippen molar-refractivity contribution in [2.24, 2.45) is 0 Å². The van der Waals surface area contributed by atoms with Gasteiger partial charge in [0, 0.05) is 23.0 Å². The van der Waals surface area contributed by atoms with Crippen LogP contribution in [0.1, 0.15) is 47.1 Å². The molecule has 4 rings (SSSR count). The first-order valence-electron chi connectivity index (χ1n) is 11.1. The van der Waals surface area contributed by atoms with E-state index in [1.807, 2.05) is 6.92 Å². The molecule has 8 nitrogen and oxygen atoms in total. The normalized spacial score (nSPS) is 14.4. The number of rotatable bonds is 9. The Hall–Kier alpha value is -3.79. The molecule has 182 valence electrons. The molecule has 0 radical (unpaired) electrons. The zero-order valence-corrected chi connectivity index (χ0v) is 20.1. The summed E-state index contributed by atoms with van der Waals surface area (Å²) >= 11 is 0. The molecule has 35 heavy (non-hydrogen) atoms. The number of hydrogen-bond acceptors (Lipinski definition) is 5. The molecule has 0 spiro atoms. The van der Waals surface area contributed by atoms with Gasteiger partial charge in [0.15, 0.2) is 0 Å². The first kappa shape index (κ1) is 24.3. The highest BCUT2D eigenvalue weighted by Crippen LogP contribution is 2.33. The van der Waals surface area contributed by atoms with Crippen molar-refractivity contribution in [3.63, 3.8) is 0 Å². The highest BCUT2D eigenvalue weighted by Gasteiger charge is 2.38. The van der Waals surface area contributed by atoms with Crippen molar-refractivity contribution in [2.45, 2.75) is 38.5 Å². The quantitative estimate of drug-likeness (QED) is 0.348. The average molecular weight is 497 g/mol. The number of pyridine rings is 1. The van der Waals surface area contributed by atoms with Crippen LogP contribution in [0.15, 0.2) is 54.8 Å². The van der Waals surface area contributed by atoms with Crippen molar-refractivity contribution >= 4 is 38.9 Å². The number of hydrogen-bond donors (Lipinski definition) is 2. The molecule has 2 amide bonds. The number of allylic oxidation sites excluding steroid dienone is 3. The molecule has 1 aliphatic rings. The fraction of sp³-hybridized carbons (Fsp3) is 0.240. The summed E-state index contributed by atoms with van der Waals surface area (Å²) in [5.41, 5.74) is 3.19. The summed E-state index contributed by atoms with van der Waals surface area (Å²) in [5, 5.41) is 1.82. The molecule has 0 bridgehead atoms. The fourth-order valence-electron chi connectivity index (χ4n) is 3.90. The summed E-state index contributed by atoms with van der Waals surface area (Å²) in [5.74, 6) is -1.25. The summed E-state index contributed by atoms with van der Waals surface area (Å²) in [7, 11) is -3.83. The molecule has 1 aromatic carbocycles. The third-order valence-electron chi connectivity index (χ3n) is 5.75. The zero-order valence-electron chi connectivity index (χ0n) is 19.3. The predicted octanol–water partition coefficient (Wildman–Crippen LogP) is 3.42. The number of nitrogens with zero attached hydrogens (tertiary/aromatic N) is 2. The van der Waals surface area contributed by atoms with E-state index < -0.39 is 27.0 Å². The van der Waals surface area contributed by atoms with E-state index in [-0.39, 0.29) is 12.2 Å². The molecule has 10 heteroatoms. The third kappa shape index (κ3) is 5.17. The maximum atomic E-state index is 14.6. The van der Waals surface area contributed by atoms with Crippen LogP contribution in [0.4, 0.5) is 4.39 Å². The SMILES string of the molecule is C/C(=C\C=C/NC=O)c1c(C(=O)NS(=O)(=O)C2CC2)n(Cc2ccccc2F)c2ccc(C)nc12. The van der Waals surface area contributed by atoms with E-state index in [0.717, 1.165) is 0 Å². The number of benzene rings is 1. The maximum absolute atomic E-state index is 14.6. The van der Waals surface area contributed by atoms with Crippen molar-refractivity contribution in [1.29, 1.82) is 0 Å². The Labute approximate surface area is 202 Å². The predicted molar refractivity (Wildman–Crippen MR) is 131 cm³/mol. The van der Waals surface area contributed by atoms with Crippen LogP contribution in [-0.4, -0.2) is 35.5 Å². The van der Waals surface area contributed by atoms with Crippen LogP contribution >= 0.6 is 0 Å². The number of carbonyl (C=O) groups is 2. The van der Waals surface area contributed by atoms with Crippen molar-refractivity contribution in [2.75, 3.05) is 0 Å². The number of halogens is 1. The van der Waals surface area contributed by atoms with Crippen LogP contribution in [0.25, 0.3) is 16.6 Å². The minimum atomic E-state index is -3.83. The largest absolute Gasteiger partial charge is 0.335 e. The first-order valence-corrected chi connectivity index (χ1v) is 12.6. The van der Waals surface area contributed by atoms with E-state index in [2.05, 4.69) is 15.0 Å². The van der Waals surface area contributed by atoms with Gasteiger partial charge in [0.05, 0.1) is 22.8 Å². The Morgan fingerprint density at radius 2 is 1.97 bits per heavy atom. The van der Waals surface area contributed by atoms with Gasteiger partial charge in [0.25, 0.3) is 5.91 Å². The molecule has 3 aromatic rings. The van der Waals surface area contributed by atoms with Crippen molar-refractivity contribution in [1.82, 2.24) is 19.6 Å². The molecular formula is C25H25FN4O4S. The number of sulfonamides is 1. The first-order chi connectivity index (χ1) is 16.7. The van der Waals surface area contributed by atoms with Gasteiger partial charge in [-0.05, 0) is 56.5 Å². The lowest BCUT2D eigenvalue weighted by Crippen LogP contribution is -2.35. The van der Waals surface area contributed by atoms with E-state index in [0.29, 0.717) is 52.7 Å². The molecule has 0 saturated heterocycles. The van der Waals surface area contributed by atoms with Gasteiger partial charge in [-0.25, -0.2) is 17.5 Å². The molecular weight excluding hydrogens is 471 g/mol. The van der Waals surface area contributed by atoms with Crippen LogP contribution in [0.5, 0.6) is 0 Å². The number of amides is 2. The summed E-state index contributed by atoms with van der Waals surface area (Å²) < 4.78 is 43.6. The Morgan fingerprint density at radius 3 is 2.66 bits per heavy atom. The number of aromatic nitrogens is 2. The third-order valence-corrected chi connectivity index (χ3v) is 7.57. The van der Waals surface area contributed by atoms with Crippen molar-refractivity contribution in [3.8, 4) is 0 Å². The molecule has 2 heterocycles. The van der Waals surface area contributed by atoms with Gasteiger partial charge in [0.1, 0.15) is 11.5 Å². The van der Waals surface area contributed by atoms with Gasteiger partial charge >= 0.3 is 0 Å². The molecule has 1 fully saturated rings. The number of aryl methyl sites for hydroxylation is 1. The highest BCUT2D eigenvalue weighted by atomic mass is 32.2. The van der Waals surface area contributed by atoms with E-state index in [9.17, 15) is 22.4 Å². The Morgan fingerprint density at radius 1 is 1.23 bits per heavy atom. The summed E-state index contributed by atoms with van der Waals surface area (Å²) in [6.07, 6.45) is 6.21. The Bertz CT molecular complexity index is 1470. The van der Waals surface area contributed by atoms with Crippen LogP contribution < -0.4 is 10.0 Å². The molecule has 2 N–H and O–H groups in total. The summed E-state index contributed by atoms with van der Waals surface area (Å²) in [6, 6.07) is 9.77. The summed E-state index contributed by atoms with van der Waals surface area (Å²) in [4.78, 5) is 28.7. The number of nitrogens with one attached hydrogen (secondary N) is 2. The van der Waals surface area contributed by atoms with Gasteiger partial charge in [0.2, 0.25) is 16.4 Å². The second kappa shape index (κ2) is 9.83. The second-order valence-corrected chi connectivity index (χ2v) is 10.4. The van der Waals surface area contributed by atoms with Crippen LogP contribution in [0.2, 0.25) is 0 Å². The summed E-state index contributed by atoms with van der Waals surface area (Å²) in [6.45, 7) is 3.56. The second-order valence-electron chi connectivity index (χ2n) is 8.39. The highest BCUT2D eigenvalue weighted by molar-refractivity contribution is 7.91. The Balaban J connectivity index is 1.94. The fourth-order valence-corrected chi connectivity index (χ4v) is 5.18. The molecule has 0 unspecified atom stereocenters.